The van der Waals surface area contributed by atoms with E-state index in [9.17, 15) is 4.79 Å². The molecule has 0 unspecified atom stereocenters. The predicted octanol–water partition coefficient (Wildman–Crippen LogP) is 6.49. The van der Waals surface area contributed by atoms with Gasteiger partial charge in [0.2, 0.25) is 0 Å². The maximum Gasteiger partial charge on any atom is 0.417 e. The van der Waals surface area contributed by atoms with E-state index < -0.39 is 6.09 Å². The van der Waals surface area contributed by atoms with E-state index in [1.807, 2.05) is 56.3 Å². The Morgan fingerprint density at radius 3 is 2.36 bits per heavy atom. The number of ether oxygens (including phenoxy) is 4. The number of nitrogens with one attached hydrogen (secondary N) is 1. The van der Waals surface area contributed by atoms with Gasteiger partial charge in [0.05, 0.1) is 19.7 Å². The molecular weight excluding hydrogens is 456 g/mol. The minimum Gasteiger partial charge on any atom is -0.493 e. The third-order valence-electron chi connectivity index (χ3n) is 6.17. The van der Waals surface area contributed by atoms with Crippen LogP contribution in [-0.2, 0) is 6.42 Å². The molecule has 3 aromatic rings. The summed E-state index contributed by atoms with van der Waals surface area (Å²) in [5, 5.41) is 3.67. The number of aromatic nitrogens is 1. The number of rotatable bonds is 7. The highest BCUT2D eigenvalue weighted by Gasteiger charge is 2.18. The largest absolute Gasteiger partial charge is 0.493 e. The monoisotopic (exact) mass is 486 g/mol. The summed E-state index contributed by atoms with van der Waals surface area (Å²) in [6, 6.07) is 13.0. The van der Waals surface area contributed by atoms with Gasteiger partial charge in [0, 0.05) is 23.3 Å². The first-order valence-electron chi connectivity index (χ1n) is 11.8. The van der Waals surface area contributed by atoms with Crippen molar-refractivity contribution in [1.82, 2.24) is 10.3 Å². The quantitative estimate of drug-likeness (QED) is 0.411. The minimum atomic E-state index is -0.539. The molecule has 0 fully saturated rings. The molecule has 7 nitrogen and oxygen atoms in total. The molecule has 0 aliphatic heterocycles. The van der Waals surface area contributed by atoms with Gasteiger partial charge in [-0.05, 0) is 73.7 Å². The second-order valence-corrected chi connectivity index (χ2v) is 8.32. The van der Waals surface area contributed by atoms with Gasteiger partial charge in [-0.25, -0.2) is 4.79 Å². The van der Waals surface area contributed by atoms with Crippen LogP contribution in [0.4, 0.5) is 4.79 Å². The zero-order chi connectivity index (χ0) is 25.7. The van der Waals surface area contributed by atoms with Crippen molar-refractivity contribution >= 4 is 17.0 Å². The second kappa shape index (κ2) is 11.0. The van der Waals surface area contributed by atoms with Gasteiger partial charge in [-0.2, -0.15) is 0 Å². The van der Waals surface area contributed by atoms with E-state index in [4.69, 9.17) is 18.9 Å². The Labute approximate surface area is 211 Å². The van der Waals surface area contributed by atoms with Gasteiger partial charge in [-0.15, -0.1) is 0 Å². The lowest BCUT2D eigenvalue weighted by Gasteiger charge is -2.16. The lowest BCUT2D eigenvalue weighted by molar-refractivity contribution is 0.203. The molecule has 1 heterocycles. The molecule has 0 saturated carbocycles. The Morgan fingerprint density at radius 2 is 1.67 bits per heavy atom. The molecule has 1 N–H and O–H groups in total. The molecule has 1 aromatic heterocycles. The number of aryl methyl sites for hydroxylation is 1. The molecule has 1 aliphatic carbocycles. The van der Waals surface area contributed by atoms with Crippen LogP contribution in [0.2, 0.25) is 0 Å². The van der Waals surface area contributed by atoms with Gasteiger partial charge in [0.15, 0.2) is 11.5 Å². The number of amides is 1. The molecular formula is C29H30N2O5. The van der Waals surface area contributed by atoms with E-state index in [0.717, 1.165) is 28.5 Å². The van der Waals surface area contributed by atoms with Crippen LogP contribution in [0, 0.1) is 0 Å². The Balaban J connectivity index is 1.53. The first-order valence-corrected chi connectivity index (χ1v) is 11.8. The van der Waals surface area contributed by atoms with Crippen molar-refractivity contribution in [3.8, 4) is 23.0 Å². The van der Waals surface area contributed by atoms with Crippen molar-refractivity contribution in [2.24, 2.45) is 0 Å². The van der Waals surface area contributed by atoms with E-state index in [0.29, 0.717) is 40.9 Å². The minimum absolute atomic E-state index is 0.496. The number of carbonyl (C=O) groups excluding carboxylic acids is 1. The summed E-state index contributed by atoms with van der Waals surface area (Å²) in [5.41, 5.74) is 4.38. The van der Waals surface area contributed by atoms with Crippen molar-refractivity contribution in [2.75, 3.05) is 14.2 Å². The van der Waals surface area contributed by atoms with Crippen LogP contribution < -0.4 is 24.3 Å². The Hall–Kier alpha value is -4.26. The summed E-state index contributed by atoms with van der Waals surface area (Å²) in [4.78, 5) is 17.0. The van der Waals surface area contributed by atoms with E-state index in [1.165, 1.54) is 5.56 Å². The van der Waals surface area contributed by atoms with Gasteiger partial charge in [-0.1, -0.05) is 25.1 Å². The molecule has 4 rings (SSSR count). The SMILES string of the molecule is CCc1ccc(OC(=O)NC2=CCC=C(Oc3ccnc4cc(OC)c(OC)cc34)C(C)=C2C)cc1. The van der Waals surface area contributed by atoms with Crippen LogP contribution in [0.1, 0.15) is 32.8 Å². The molecule has 1 aliphatic rings. The molecule has 0 bridgehead atoms. The molecule has 0 saturated heterocycles. The number of carbonyl (C=O) groups is 1. The fourth-order valence-electron chi connectivity index (χ4n) is 3.93. The summed E-state index contributed by atoms with van der Waals surface area (Å²) < 4.78 is 22.7. The molecule has 186 valence electrons. The van der Waals surface area contributed by atoms with E-state index in [2.05, 4.69) is 17.2 Å². The lowest BCUT2D eigenvalue weighted by atomic mass is 10.1. The van der Waals surface area contributed by atoms with Crippen molar-refractivity contribution in [3.63, 3.8) is 0 Å². The summed E-state index contributed by atoms with van der Waals surface area (Å²) in [7, 11) is 3.18. The number of hydrogen-bond donors (Lipinski definition) is 1. The maximum atomic E-state index is 12.6. The molecule has 0 spiro atoms. The number of nitrogens with zero attached hydrogens (tertiary/aromatic N) is 1. The summed E-state index contributed by atoms with van der Waals surface area (Å²) in [5.74, 6) is 3.04. The molecule has 7 heteroatoms. The third-order valence-corrected chi connectivity index (χ3v) is 6.17. The number of benzene rings is 2. The van der Waals surface area contributed by atoms with Gasteiger partial charge >= 0.3 is 6.09 Å². The maximum absolute atomic E-state index is 12.6. The summed E-state index contributed by atoms with van der Waals surface area (Å²) >= 11 is 0. The predicted molar refractivity (Wildman–Crippen MR) is 140 cm³/mol. The van der Waals surface area contributed by atoms with Gasteiger partial charge < -0.3 is 18.9 Å². The van der Waals surface area contributed by atoms with Gasteiger partial charge in [0.25, 0.3) is 0 Å². The number of pyridine rings is 1. The molecule has 36 heavy (non-hydrogen) atoms. The van der Waals surface area contributed by atoms with Crippen LogP contribution in [0.5, 0.6) is 23.0 Å². The summed E-state index contributed by atoms with van der Waals surface area (Å²) in [6.07, 6.45) is 6.58. The summed E-state index contributed by atoms with van der Waals surface area (Å²) in [6.45, 7) is 5.98. The zero-order valence-electron chi connectivity index (χ0n) is 21.2. The second-order valence-electron chi connectivity index (χ2n) is 8.32. The number of hydrogen-bond acceptors (Lipinski definition) is 6. The standard InChI is InChI=1S/C29H30N2O5/c1-6-20-10-12-21(13-11-20)35-29(32)31-23-8-7-9-25(19(3)18(23)2)36-26-14-15-30-24-17-28(34-5)27(33-4)16-22(24)26/h8-17H,6-7H2,1-5H3,(H,31,32). The van der Waals surface area contributed by atoms with E-state index in [1.54, 1.807) is 32.5 Å². The highest BCUT2D eigenvalue weighted by molar-refractivity contribution is 5.88. The first kappa shape index (κ1) is 24.9. The average molecular weight is 487 g/mol. The smallest absolute Gasteiger partial charge is 0.417 e. The third kappa shape index (κ3) is 5.35. The van der Waals surface area contributed by atoms with Crippen LogP contribution in [0.25, 0.3) is 10.9 Å². The van der Waals surface area contributed by atoms with Crippen LogP contribution in [0.3, 0.4) is 0 Å². The topological polar surface area (TPSA) is 78.9 Å². The van der Waals surface area contributed by atoms with Gasteiger partial charge in [0.1, 0.15) is 17.3 Å². The number of allylic oxidation sites excluding steroid dienone is 4. The van der Waals surface area contributed by atoms with E-state index >= 15 is 0 Å². The van der Waals surface area contributed by atoms with Crippen molar-refractivity contribution < 1.29 is 23.7 Å². The fraction of sp³-hybridized carbons (Fsp3) is 0.241. The zero-order valence-corrected chi connectivity index (χ0v) is 21.2. The van der Waals surface area contributed by atoms with Gasteiger partial charge in [-0.3, -0.25) is 10.3 Å². The first-order chi connectivity index (χ1) is 17.4. The molecule has 2 aromatic carbocycles. The number of fused-ring (bicyclic) bond motifs is 1. The highest BCUT2D eigenvalue weighted by Crippen LogP contribution is 2.37. The Morgan fingerprint density at radius 1 is 0.944 bits per heavy atom. The van der Waals surface area contributed by atoms with Crippen molar-refractivity contribution in [2.45, 2.75) is 33.6 Å². The average Bonchev–Trinajstić information content (AvgIpc) is 3.02. The van der Waals surface area contributed by atoms with E-state index in [-0.39, 0.29) is 0 Å². The normalized spacial score (nSPS) is 13.5. The fourth-order valence-corrected chi connectivity index (χ4v) is 3.93. The molecule has 0 radical (unpaired) electrons. The van der Waals surface area contributed by atoms with Crippen molar-refractivity contribution in [1.29, 1.82) is 0 Å². The molecule has 0 atom stereocenters. The van der Waals surface area contributed by atoms with Crippen LogP contribution in [0.15, 0.2) is 83.4 Å². The number of methoxy groups -OCH3 is 2. The Kier molecular flexibility index (Phi) is 7.59. The lowest BCUT2D eigenvalue weighted by Crippen LogP contribution is -2.27. The Bertz CT molecular complexity index is 1370. The highest BCUT2D eigenvalue weighted by atomic mass is 16.6. The molecule has 1 amide bonds. The van der Waals surface area contributed by atoms with Crippen LogP contribution >= 0.6 is 0 Å². The van der Waals surface area contributed by atoms with Crippen molar-refractivity contribution in [3.05, 3.63) is 89.0 Å². The van der Waals surface area contributed by atoms with Crippen LogP contribution in [-0.4, -0.2) is 25.3 Å².